The number of aliphatic imine (C=N–C) groups is 1. The van der Waals surface area contributed by atoms with Crippen LogP contribution in [0.15, 0.2) is 21.8 Å². The molecule has 0 saturated heterocycles. The molecule has 0 bridgehead atoms. The second-order valence-corrected chi connectivity index (χ2v) is 8.23. The van der Waals surface area contributed by atoms with Gasteiger partial charge in [-0.2, -0.15) is 16.4 Å². The number of hydrogen-bond acceptors (Lipinski definition) is 6. The van der Waals surface area contributed by atoms with Gasteiger partial charge in [-0.3, -0.25) is 9.89 Å². The maximum Gasteiger partial charge on any atom is 0.191 e. The number of rotatable bonds is 10. The molecule has 31 heavy (non-hydrogen) atoms. The van der Waals surface area contributed by atoms with Crippen LogP contribution in [-0.2, 0) is 24.3 Å². The van der Waals surface area contributed by atoms with Crippen LogP contribution in [0.5, 0.6) is 0 Å². The number of aryl methyl sites for hydroxylation is 1. The number of hydrogen-bond donors (Lipinski definition) is 2. The van der Waals surface area contributed by atoms with Crippen molar-refractivity contribution in [2.24, 2.45) is 4.99 Å². The summed E-state index contributed by atoms with van der Waals surface area (Å²) < 4.78 is 7.17. The van der Waals surface area contributed by atoms with Gasteiger partial charge in [-0.25, -0.2) is 9.67 Å². The van der Waals surface area contributed by atoms with Crippen LogP contribution >= 0.6 is 35.3 Å². The summed E-state index contributed by atoms with van der Waals surface area (Å²) in [5.41, 5.74) is 1.35. The molecule has 0 radical (unpaired) electrons. The van der Waals surface area contributed by atoms with Gasteiger partial charge in [-0.05, 0) is 48.8 Å². The SMILES string of the molecule is CCNC(=NCC(c1ccsc1)N(CC)CC)NC1CCc2nc(COC)nn2C1.I. The van der Waals surface area contributed by atoms with Gasteiger partial charge < -0.3 is 15.4 Å². The van der Waals surface area contributed by atoms with E-state index in [0.29, 0.717) is 12.6 Å². The van der Waals surface area contributed by atoms with Crippen molar-refractivity contribution in [1.82, 2.24) is 30.3 Å². The minimum atomic E-state index is 0. The van der Waals surface area contributed by atoms with Crippen LogP contribution in [-0.4, -0.2) is 65.0 Å². The first-order valence-electron chi connectivity index (χ1n) is 10.9. The number of halogens is 1. The highest BCUT2D eigenvalue weighted by Gasteiger charge is 2.23. The molecule has 2 aromatic heterocycles. The number of nitrogens with zero attached hydrogens (tertiary/aromatic N) is 5. The Bertz CT molecular complexity index is 792. The lowest BCUT2D eigenvalue weighted by Gasteiger charge is -2.29. The Morgan fingerprint density at radius 3 is 2.84 bits per heavy atom. The molecule has 0 fully saturated rings. The maximum absolute atomic E-state index is 5.17. The van der Waals surface area contributed by atoms with Crippen LogP contribution in [0.4, 0.5) is 0 Å². The zero-order valence-electron chi connectivity index (χ0n) is 19.0. The highest BCUT2D eigenvalue weighted by Crippen LogP contribution is 2.23. The number of thiophene rings is 1. The quantitative estimate of drug-likeness (QED) is 0.264. The van der Waals surface area contributed by atoms with Crippen molar-refractivity contribution in [1.29, 1.82) is 0 Å². The van der Waals surface area contributed by atoms with E-state index in [-0.39, 0.29) is 30.0 Å². The fourth-order valence-electron chi connectivity index (χ4n) is 3.92. The summed E-state index contributed by atoms with van der Waals surface area (Å²) in [5.74, 6) is 2.67. The molecule has 2 aromatic rings. The average Bonchev–Trinajstić information content (AvgIpc) is 3.40. The molecule has 3 heterocycles. The number of fused-ring (bicyclic) bond motifs is 1. The molecule has 0 amide bonds. The topological polar surface area (TPSA) is 79.6 Å². The van der Waals surface area contributed by atoms with E-state index in [4.69, 9.17) is 9.73 Å². The fourth-order valence-corrected chi connectivity index (χ4v) is 4.63. The third-order valence-corrected chi connectivity index (χ3v) is 6.17. The smallest absolute Gasteiger partial charge is 0.191 e. The number of aromatic nitrogens is 3. The van der Waals surface area contributed by atoms with Gasteiger partial charge in [0.1, 0.15) is 12.4 Å². The summed E-state index contributed by atoms with van der Waals surface area (Å²) in [6.07, 6.45) is 1.92. The molecule has 0 saturated carbocycles. The summed E-state index contributed by atoms with van der Waals surface area (Å²) >= 11 is 1.75. The molecule has 0 spiro atoms. The minimum absolute atomic E-state index is 0. The lowest BCUT2D eigenvalue weighted by atomic mass is 10.1. The molecule has 0 aliphatic carbocycles. The Kier molecular flexibility index (Phi) is 11.2. The minimum Gasteiger partial charge on any atom is -0.377 e. The molecule has 2 N–H and O–H groups in total. The lowest BCUT2D eigenvalue weighted by Crippen LogP contribution is -2.47. The van der Waals surface area contributed by atoms with Crippen molar-refractivity contribution in [2.75, 3.05) is 33.3 Å². The van der Waals surface area contributed by atoms with Gasteiger partial charge in [0.15, 0.2) is 11.8 Å². The Morgan fingerprint density at radius 2 is 2.19 bits per heavy atom. The molecule has 1 aliphatic heterocycles. The first-order valence-corrected chi connectivity index (χ1v) is 11.8. The largest absolute Gasteiger partial charge is 0.377 e. The van der Waals surface area contributed by atoms with Crippen LogP contribution in [0.25, 0.3) is 0 Å². The Labute approximate surface area is 206 Å². The van der Waals surface area contributed by atoms with Gasteiger partial charge in [0.25, 0.3) is 0 Å². The van der Waals surface area contributed by atoms with Crippen molar-refractivity contribution in [3.05, 3.63) is 34.0 Å². The van der Waals surface area contributed by atoms with Crippen molar-refractivity contribution in [3.8, 4) is 0 Å². The van der Waals surface area contributed by atoms with Crippen LogP contribution in [0.2, 0.25) is 0 Å². The van der Waals surface area contributed by atoms with Gasteiger partial charge in [0.2, 0.25) is 0 Å². The van der Waals surface area contributed by atoms with Crippen molar-refractivity contribution >= 4 is 41.3 Å². The van der Waals surface area contributed by atoms with Crippen LogP contribution in [0.1, 0.15) is 50.4 Å². The molecule has 0 aromatic carbocycles. The van der Waals surface area contributed by atoms with E-state index in [1.54, 1.807) is 18.4 Å². The molecule has 3 rings (SSSR count). The van der Waals surface area contributed by atoms with Gasteiger partial charge >= 0.3 is 0 Å². The summed E-state index contributed by atoms with van der Waals surface area (Å²) in [4.78, 5) is 12.0. The third kappa shape index (κ3) is 7.13. The molecule has 174 valence electrons. The van der Waals surface area contributed by atoms with Gasteiger partial charge in [0.05, 0.1) is 19.1 Å². The predicted molar refractivity (Wildman–Crippen MR) is 137 cm³/mol. The van der Waals surface area contributed by atoms with Gasteiger partial charge in [-0.1, -0.05) is 13.8 Å². The Hall–Kier alpha value is -1.24. The van der Waals surface area contributed by atoms with E-state index < -0.39 is 0 Å². The first kappa shape index (κ1) is 26.0. The monoisotopic (exact) mass is 561 g/mol. The highest BCUT2D eigenvalue weighted by molar-refractivity contribution is 14.0. The van der Waals surface area contributed by atoms with E-state index in [9.17, 15) is 0 Å². The van der Waals surface area contributed by atoms with E-state index in [2.05, 4.69) is 63.2 Å². The average molecular weight is 562 g/mol. The predicted octanol–water partition coefficient (Wildman–Crippen LogP) is 3.06. The normalized spacial score (nSPS) is 17.2. The molecular formula is C21H36IN7OS. The maximum atomic E-state index is 5.17. The molecule has 8 nitrogen and oxygen atoms in total. The number of likely N-dealkylation sites (N-methyl/N-ethyl adjacent to an activating group) is 1. The lowest BCUT2D eigenvalue weighted by molar-refractivity contribution is 0.177. The second kappa shape index (κ2) is 13.3. The summed E-state index contributed by atoms with van der Waals surface area (Å²) in [6.45, 7) is 11.4. The molecule has 2 unspecified atom stereocenters. The summed E-state index contributed by atoms with van der Waals surface area (Å²) in [7, 11) is 1.67. The van der Waals surface area contributed by atoms with E-state index >= 15 is 0 Å². The standard InChI is InChI=1S/C21H35N7OS.HI/c1-5-22-21(23-12-18(27(6-2)7-3)16-10-11-30-15-16)24-17-8-9-20-25-19(14-29-4)26-28(20)13-17;/h10-11,15,17-18H,5-9,12-14H2,1-4H3,(H2,22,23,24);1H. The fraction of sp³-hybridized carbons (Fsp3) is 0.667. The van der Waals surface area contributed by atoms with E-state index in [1.165, 1.54) is 5.56 Å². The van der Waals surface area contributed by atoms with Crippen molar-refractivity contribution in [2.45, 2.75) is 58.8 Å². The van der Waals surface area contributed by atoms with Crippen molar-refractivity contribution < 1.29 is 4.74 Å². The van der Waals surface area contributed by atoms with E-state index in [0.717, 1.165) is 63.2 Å². The number of methoxy groups -OCH3 is 1. The molecule has 2 atom stereocenters. The summed E-state index contributed by atoms with van der Waals surface area (Å²) in [5, 5.41) is 16.0. The van der Waals surface area contributed by atoms with Crippen LogP contribution < -0.4 is 10.6 Å². The van der Waals surface area contributed by atoms with E-state index in [1.807, 2.05) is 4.68 Å². The van der Waals surface area contributed by atoms with Gasteiger partial charge in [0, 0.05) is 26.1 Å². The van der Waals surface area contributed by atoms with Gasteiger partial charge in [-0.15, -0.1) is 24.0 Å². The zero-order valence-corrected chi connectivity index (χ0v) is 22.2. The zero-order chi connectivity index (χ0) is 21.3. The Balaban J connectivity index is 0.00000341. The number of ether oxygens (including phenoxy) is 1. The van der Waals surface area contributed by atoms with Crippen molar-refractivity contribution in [3.63, 3.8) is 0 Å². The molecule has 1 aliphatic rings. The number of guanidine groups is 1. The second-order valence-electron chi connectivity index (χ2n) is 7.45. The van der Waals surface area contributed by atoms with Crippen LogP contribution in [0.3, 0.4) is 0 Å². The summed E-state index contributed by atoms with van der Waals surface area (Å²) in [6, 6.07) is 2.79. The Morgan fingerprint density at radius 1 is 1.39 bits per heavy atom. The molecular weight excluding hydrogens is 525 g/mol. The number of nitrogens with one attached hydrogen (secondary N) is 2. The third-order valence-electron chi connectivity index (χ3n) is 5.46. The van der Waals surface area contributed by atoms with Crippen LogP contribution in [0, 0.1) is 0 Å². The molecule has 10 heteroatoms. The first-order chi connectivity index (χ1) is 14.7. The highest BCUT2D eigenvalue weighted by atomic mass is 127.